The largest absolute Gasteiger partial charge is 0.399 e. The van der Waals surface area contributed by atoms with Crippen LogP contribution >= 0.6 is 15.9 Å². The number of anilines is 2. The molecule has 1 aromatic carbocycles. The summed E-state index contributed by atoms with van der Waals surface area (Å²) in [6.07, 6.45) is 0. The van der Waals surface area contributed by atoms with Gasteiger partial charge in [0.1, 0.15) is 16.8 Å². The highest BCUT2D eigenvalue weighted by Crippen LogP contribution is 2.22. The van der Waals surface area contributed by atoms with Crippen molar-refractivity contribution in [3.63, 3.8) is 0 Å². The van der Waals surface area contributed by atoms with Crippen molar-refractivity contribution in [2.24, 2.45) is 0 Å². The van der Waals surface area contributed by atoms with E-state index in [4.69, 9.17) is 11.0 Å². The molecule has 3 N–H and O–H groups in total. The summed E-state index contributed by atoms with van der Waals surface area (Å²) < 4.78 is 27.8. The van der Waals surface area contributed by atoms with Gasteiger partial charge in [0.15, 0.2) is 0 Å². The highest BCUT2D eigenvalue weighted by atomic mass is 79.9. The Hall–Kier alpha value is -2.11. The van der Waals surface area contributed by atoms with Gasteiger partial charge in [-0.25, -0.2) is 13.4 Å². The fourth-order valence-corrected chi connectivity index (χ4v) is 3.02. The lowest BCUT2D eigenvalue weighted by atomic mass is 10.2. The summed E-state index contributed by atoms with van der Waals surface area (Å²) in [5, 5.41) is 9.03. The van der Waals surface area contributed by atoms with Gasteiger partial charge < -0.3 is 5.73 Å². The van der Waals surface area contributed by atoms with Crippen LogP contribution in [-0.4, -0.2) is 13.4 Å². The fourth-order valence-electron chi connectivity index (χ4n) is 1.66. The number of hydrogen-bond donors (Lipinski definition) is 2. The number of rotatable bonds is 3. The molecule has 0 radical (unpaired) electrons. The lowest BCUT2D eigenvalue weighted by Crippen LogP contribution is -2.15. The second kappa shape index (κ2) is 5.71. The van der Waals surface area contributed by atoms with Crippen molar-refractivity contribution >= 4 is 37.5 Å². The normalized spacial score (nSPS) is 10.9. The van der Waals surface area contributed by atoms with Gasteiger partial charge >= 0.3 is 0 Å². The lowest BCUT2D eigenvalue weighted by Gasteiger charge is -2.10. The van der Waals surface area contributed by atoms with Crippen LogP contribution in [0.3, 0.4) is 0 Å². The van der Waals surface area contributed by atoms with Crippen molar-refractivity contribution in [3.8, 4) is 6.07 Å². The molecule has 0 aliphatic carbocycles. The molecule has 1 heterocycles. The second-order valence-electron chi connectivity index (χ2n) is 4.24. The monoisotopic (exact) mass is 366 g/mol. The maximum atomic E-state index is 12.3. The number of benzene rings is 1. The second-order valence-corrected chi connectivity index (χ2v) is 6.74. The molecular weight excluding hydrogens is 356 g/mol. The molecule has 1 aromatic heterocycles. The number of pyridine rings is 1. The number of sulfonamides is 1. The van der Waals surface area contributed by atoms with E-state index >= 15 is 0 Å². The molecule has 108 valence electrons. The Morgan fingerprint density at radius 1 is 1.33 bits per heavy atom. The number of nitrogens with one attached hydrogen (secondary N) is 1. The third-order valence-electron chi connectivity index (χ3n) is 2.67. The zero-order chi connectivity index (χ0) is 15.6. The van der Waals surface area contributed by atoms with Crippen LogP contribution in [0.5, 0.6) is 0 Å². The van der Waals surface area contributed by atoms with Crippen molar-refractivity contribution in [2.75, 3.05) is 10.5 Å². The zero-order valence-corrected chi connectivity index (χ0v) is 13.4. The standard InChI is InChI=1S/C13H11BrN4O2S/c1-8-11(14)3-5-13(17-8)18-21(19,20)12-4-2-10(16)6-9(12)7-15/h2-6H,16H2,1H3,(H,17,18). The van der Waals surface area contributed by atoms with Gasteiger partial charge in [0.25, 0.3) is 10.0 Å². The molecular formula is C13H11BrN4O2S. The molecule has 0 unspecified atom stereocenters. The highest BCUT2D eigenvalue weighted by molar-refractivity contribution is 9.10. The first-order valence-electron chi connectivity index (χ1n) is 5.79. The average Bonchev–Trinajstić information content (AvgIpc) is 2.42. The summed E-state index contributed by atoms with van der Waals surface area (Å²) in [6.45, 7) is 1.74. The minimum Gasteiger partial charge on any atom is -0.399 e. The van der Waals surface area contributed by atoms with Crippen LogP contribution in [0.15, 0.2) is 39.7 Å². The lowest BCUT2D eigenvalue weighted by molar-refractivity contribution is 0.601. The van der Waals surface area contributed by atoms with E-state index in [1.807, 2.05) is 6.07 Å². The molecule has 0 amide bonds. The van der Waals surface area contributed by atoms with Gasteiger partial charge in [0, 0.05) is 10.2 Å². The van der Waals surface area contributed by atoms with E-state index in [2.05, 4.69) is 25.6 Å². The van der Waals surface area contributed by atoms with Gasteiger partial charge in [-0.1, -0.05) is 0 Å². The van der Waals surface area contributed by atoms with E-state index in [9.17, 15) is 8.42 Å². The van der Waals surface area contributed by atoms with Gasteiger partial charge in [-0.2, -0.15) is 5.26 Å². The highest BCUT2D eigenvalue weighted by Gasteiger charge is 2.19. The molecule has 0 aliphatic heterocycles. The summed E-state index contributed by atoms with van der Waals surface area (Å²) in [6, 6.07) is 9.07. The van der Waals surface area contributed by atoms with Crippen LogP contribution in [0, 0.1) is 18.3 Å². The van der Waals surface area contributed by atoms with Crippen molar-refractivity contribution in [1.29, 1.82) is 5.26 Å². The van der Waals surface area contributed by atoms with Crippen molar-refractivity contribution in [2.45, 2.75) is 11.8 Å². The molecule has 6 nitrogen and oxygen atoms in total. The van der Waals surface area contributed by atoms with Crippen LogP contribution in [0.2, 0.25) is 0 Å². The smallest absolute Gasteiger partial charge is 0.264 e. The number of nitrogen functional groups attached to an aromatic ring is 1. The molecule has 0 fully saturated rings. The summed E-state index contributed by atoms with van der Waals surface area (Å²) >= 11 is 3.29. The predicted octanol–water partition coefficient (Wildman–Crippen LogP) is 2.41. The number of halogens is 1. The van der Waals surface area contributed by atoms with E-state index in [1.54, 1.807) is 13.0 Å². The Morgan fingerprint density at radius 3 is 2.67 bits per heavy atom. The first-order valence-corrected chi connectivity index (χ1v) is 8.06. The minimum absolute atomic E-state index is 0.0173. The minimum atomic E-state index is -3.91. The van der Waals surface area contributed by atoms with Crippen LogP contribution in [0.4, 0.5) is 11.5 Å². The Morgan fingerprint density at radius 2 is 2.05 bits per heavy atom. The molecule has 0 bridgehead atoms. The molecule has 0 atom stereocenters. The van der Waals surface area contributed by atoms with E-state index in [0.717, 1.165) is 4.47 Å². The van der Waals surface area contributed by atoms with Crippen LogP contribution in [0.25, 0.3) is 0 Å². The molecule has 0 aliphatic rings. The Kier molecular flexibility index (Phi) is 4.16. The molecule has 2 aromatic rings. The summed E-state index contributed by atoms with van der Waals surface area (Å²) in [5.74, 6) is 0.177. The van der Waals surface area contributed by atoms with Gasteiger partial charge in [0.05, 0.1) is 11.3 Å². The van der Waals surface area contributed by atoms with Crippen LogP contribution < -0.4 is 10.5 Å². The van der Waals surface area contributed by atoms with Gasteiger partial charge in [-0.15, -0.1) is 0 Å². The Bertz CT molecular complexity index is 844. The molecule has 2 rings (SSSR count). The molecule has 0 saturated carbocycles. The third-order valence-corrected chi connectivity index (χ3v) is 4.92. The summed E-state index contributed by atoms with van der Waals surface area (Å²) in [5.41, 5.74) is 6.50. The van der Waals surface area contributed by atoms with E-state index in [-0.39, 0.29) is 16.3 Å². The number of aryl methyl sites for hydroxylation is 1. The number of nitrogens with zero attached hydrogens (tertiary/aromatic N) is 2. The summed E-state index contributed by atoms with van der Waals surface area (Å²) in [7, 11) is -3.91. The molecule has 8 heteroatoms. The summed E-state index contributed by atoms with van der Waals surface area (Å²) in [4.78, 5) is 3.97. The van der Waals surface area contributed by atoms with E-state index < -0.39 is 10.0 Å². The Labute approximate surface area is 130 Å². The van der Waals surface area contributed by atoms with Crippen LogP contribution in [0.1, 0.15) is 11.3 Å². The number of nitrogens with two attached hydrogens (primary N) is 1. The maximum Gasteiger partial charge on any atom is 0.264 e. The zero-order valence-electron chi connectivity index (χ0n) is 11.0. The SMILES string of the molecule is Cc1nc(NS(=O)(=O)c2ccc(N)cc2C#N)ccc1Br. The maximum absolute atomic E-state index is 12.3. The number of nitriles is 1. The van der Waals surface area contributed by atoms with Gasteiger partial charge in [0.2, 0.25) is 0 Å². The third kappa shape index (κ3) is 3.32. The molecule has 0 spiro atoms. The van der Waals surface area contributed by atoms with E-state index in [0.29, 0.717) is 11.4 Å². The first-order chi connectivity index (χ1) is 9.83. The predicted molar refractivity (Wildman–Crippen MR) is 83.1 cm³/mol. The number of aromatic nitrogens is 1. The van der Waals surface area contributed by atoms with E-state index in [1.165, 1.54) is 24.3 Å². The Balaban J connectivity index is 2.43. The molecule has 21 heavy (non-hydrogen) atoms. The van der Waals surface area contributed by atoms with Crippen molar-refractivity contribution in [3.05, 3.63) is 46.1 Å². The quantitative estimate of drug-likeness (QED) is 0.810. The van der Waals surface area contributed by atoms with Gasteiger partial charge in [-0.3, -0.25) is 4.72 Å². The molecule has 0 saturated heterocycles. The van der Waals surface area contributed by atoms with Crippen molar-refractivity contribution in [1.82, 2.24) is 4.98 Å². The fraction of sp³-hybridized carbons (Fsp3) is 0.0769. The number of hydrogen-bond acceptors (Lipinski definition) is 5. The van der Waals surface area contributed by atoms with Crippen LogP contribution in [-0.2, 0) is 10.0 Å². The topological polar surface area (TPSA) is 109 Å². The van der Waals surface area contributed by atoms with Gasteiger partial charge in [-0.05, 0) is 53.2 Å². The van der Waals surface area contributed by atoms with Crippen molar-refractivity contribution < 1.29 is 8.42 Å². The first kappa shape index (κ1) is 15.3. The average molecular weight is 367 g/mol.